The minimum absolute atomic E-state index is 0.160. The topological polar surface area (TPSA) is 50.4 Å². The summed E-state index contributed by atoms with van der Waals surface area (Å²) < 4.78 is 5.05. The zero-order valence-corrected chi connectivity index (χ0v) is 11.3. The van der Waals surface area contributed by atoms with Crippen LogP contribution in [0.15, 0.2) is 24.3 Å². The predicted molar refractivity (Wildman–Crippen MR) is 74.1 cm³/mol. The summed E-state index contributed by atoms with van der Waals surface area (Å²) in [7, 11) is 1.62. The van der Waals surface area contributed by atoms with Gasteiger partial charge in [-0.15, -0.1) is 0 Å². The van der Waals surface area contributed by atoms with E-state index >= 15 is 0 Å². The molecule has 0 heterocycles. The summed E-state index contributed by atoms with van der Waals surface area (Å²) in [5.41, 5.74) is 0.762. The summed E-state index contributed by atoms with van der Waals surface area (Å²) in [5, 5.41) is 5.67. The van der Waals surface area contributed by atoms with Crippen LogP contribution in [0.2, 0.25) is 0 Å². The van der Waals surface area contributed by atoms with E-state index in [0.29, 0.717) is 5.92 Å². The summed E-state index contributed by atoms with van der Waals surface area (Å²) in [6, 6.07) is 7.10. The zero-order valence-electron chi connectivity index (χ0n) is 11.3. The van der Waals surface area contributed by atoms with Gasteiger partial charge >= 0.3 is 6.03 Å². The molecular weight excluding hydrogens is 228 g/mol. The van der Waals surface area contributed by atoms with Gasteiger partial charge in [0.2, 0.25) is 0 Å². The van der Waals surface area contributed by atoms with Crippen molar-refractivity contribution in [2.45, 2.75) is 26.7 Å². The summed E-state index contributed by atoms with van der Waals surface area (Å²) in [6.45, 7) is 4.99. The second-order valence-electron chi connectivity index (χ2n) is 4.25. The molecule has 0 saturated carbocycles. The average Bonchev–Trinajstić information content (AvgIpc) is 2.41. The highest BCUT2D eigenvalue weighted by Gasteiger charge is 2.06. The van der Waals surface area contributed by atoms with Crippen molar-refractivity contribution in [1.82, 2.24) is 5.32 Å². The molecule has 0 spiro atoms. The number of carbonyl (C=O) groups excluding carboxylic acids is 1. The van der Waals surface area contributed by atoms with Gasteiger partial charge in [0.25, 0.3) is 0 Å². The van der Waals surface area contributed by atoms with Crippen molar-refractivity contribution in [2.75, 3.05) is 19.0 Å². The molecule has 4 heteroatoms. The highest BCUT2D eigenvalue weighted by atomic mass is 16.5. The fourth-order valence-corrected chi connectivity index (χ4v) is 1.66. The molecule has 18 heavy (non-hydrogen) atoms. The molecule has 0 radical (unpaired) electrons. The van der Waals surface area contributed by atoms with Crippen LogP contribution in [0, 0.1) is 5.92 Å². The van der Waals surface area contributed by atoms with Crippen LogP contribution < -0.4 is 15.4 Å². The zero-order chi connectivity index (χ0) is 13.4. The first kappa shape index (κ1) is 14.4. The van der Waals surface area contributed by atoms with Gasteiger partial charge in [0, 0.05) is 12.2 Å². The Kier molecular flexibility index (Phi) is 6.05. The van der Waals surface area contributed by atoms with Crippen molar-refractivity contribution in [3.05, 3.63) is 24.3 Å². The third-order valence-electron chi connectivity index (χ3n) is 3.05. The Labute approximate surface area is 109 Å². The van der Waals surface area contributed by atoms with Crippen LogP contribution in [-0.4, -0.2) is 19.7 Å². The number of amides is 2. The first-order valence-corrected chi connectivity index (χ1v) is 6.38. The Morgan fingerprint density at radius 3 is 2.33 bits per heavy atom. The normalized spacial score (nSPS) is 10.2. The van der Waals surface area contributed by atoms with E-state index < -0.39 is 0 Å². The average molecular weight is 250 g/mol. The van der Waals surface area contributed by atoms with Gasteiger partial charge in [-0.3, -0.25) is 0 Å². The van der Waals surface area contributed by atoms with E-state index in [1.54, 1.807) is 7.11 Å². The third kappa shape index (κ3) is 4.65. The lowest BCUT2D eigenvalue weighted by molar-refractivity contribution is 0.249. The number of benzene rings is 1. The van der Waals surface area contributed by atoms with Crippen molar-refractivity contribution >= 4 is 11.7 Å². The van der Waals surface area contributed by atoms with E-state index in [0.717, 1.165) is 30.8 Å². The summed E-state index contributed by atoms with van der Waals surface area (Å²) in [6.07, 6.45) is 2.17. The summed E-state index contributed by atoms with van der Waals surface area (Å²) in [4.78, 5) is 11.6. The van der Waals surface area contributed by atoms with E-state index in [1.807, 2.05) is 24.3 Å². The molecular formula is C14H22N2O2. The Bertz CT molecular complexity index is 359. The molecule has 2 amide bonds. The summed E-state index contributed by atoms with van der Waals surface area (Å²) >= 11 is 0. The van der Waals surface area contributed by atoms with Crippen molar-refractivity contribution < 1.29 is 9.53 Å². The molecule has 1 aromatic rings. The Hall–Kier alpha value is -1.71. The monoisotopic (exact) mass is 250 g/mol. The van der Waals surface area contributed by atoms with Crippen molar-refractivity contribution in [3.8, 4) is 5.75 Å². The van der Waals surface area contributed by atoms with E-state index in [4.69, 9.17) is 4.74 Å². The third-order valence-corrected chi connectivity index (χ3v) is 3.05. The maximum Gasteiger partial charge on any atom is 0.319 e. The molecule has 4 nitrogen and oxygen atoms in total. The first-order chi connectivity index (χ1) is 8.69. The molecule has 1 rings (SSSR count). The molecule has 0 aliphatic carbocycles. The first-order valence-electron chi connectivity index (χ1n) is 6.38. The quantitative estimate of drug-likeness (QED) is 0.814. The fourth-order valence-electron chi connectivity index (χ4n) is 1.66. The van der Waals surface area contributed by atoms with Crippen molar-refractivity contribution in [1.29, 1.82) is 0 Å². The second-order valence-corrected chi connectivity index (χ2v) is 4.25. The van der Waals surface area contributed by atoms with Crippen LogP contribution in [0.25, 0.3) is 0 Å². The molecule has 0 fully saturated rings. The lowest BCUT2D eigenvalue weighted by Crippen LogP contribution is -2.32. The molecule has 0 bridgehead atoms. The van der Waals surface area contributed by atoms with Crippen LogP contribution >= 0.6 is 0 Å². The Balaban J connectivity index is 2.39. The van der Waals surface area contributed by atoms with Gasteiger partial charge in [-0.2, -0.15) is 0 Å². The molecule has 100 valence electrons. The number of urea groups is 1. The Morgan fingerprint density at radius 1 is 1.22 bits per heavy atom. The number of methoxy groups -OCH3 is 1. The smallest absolute Gasteiger partial charge is 0.319 e. The molecule has 1 aromatic carbocycles. The van der Waals surface area contributed by atoms with E-state index in [9.17, 15) is 4.79 Å². The van der Waals surface area contributed by atoms with Gasteiger partial charge in [-0.05, 0) is 30.2 Å². The van der Waals surface area contributed by atoms with Crippen LogP contribution in [0.1, 0.15) is 26.7 Å². The van der Waals surface area contributed by atoms with Crippen LogP contribution in [0.4, 0.5) is 10.5 Å². The highest BCUT2D eigenvalue weighted by molar-refractivity contribution is 5.89. The Morgan fingerprint density at radius 2 is 1.83 bits per heavy atom. The van der Waals surface area contributed by atoms with Gasteiger partial charge < -0.3 is 15.4 Å². The molecule has 0 aliphatic rings. The van der Waals surface area contributed by atoms with E-state index in [1.165, 1.54) is 0 Å². The number of hydrogen-bond acceptors (Lipinski definition) is 2. The molecule has 0 atom stereocenters. The number of nitrogens with one attached hydrogen (secondary N) is 2. The van der Waals surface area contributed by atoms with Crippen molar-refractivity contribution in [3.63, 3.8) is 0 Å². The number of anilines is 1. The minimum Gasteiger partial charge on any atom is -0.497 e. The number of ether oxygens (including phenoxy) is 1. The molecule has 0 saturated heterocycles. The lowest BCUT2D eigenvalue weighted by atomic mass is 10.0. The van der Waals surface area contributed by atoms with Crippen LogP contribution in [0.5, 0.6) is 5.75 Å². The van der Waals surface area contributed by atoms with Gasteiger partial charge in [0.05, 0.1) is 7.11 Å². The number of carbonyl (C=O) groups is 1. The summed E-state index contributed by atoms with van der Waals surface area (Å²) in [5.74, 6) is 1.32. The molecule has 0 unspecified atom stereocenters. The second kappa shape index (κ2) is 7.58. The standard InChI is InChI=1S/C14H22N2O2/c1-4-11(5-2)10-15-14(17)16-12-6-8-13(18-3)9-7-12/h6-9,11H,4-5,10H2,1-3H3,(H2,15,16,17). The largest absolute Gasteiger partial charge is 0.497 e. The highest BCUT2D eigenvalue weighted by Crippen LogP contribution is 2.14. The minimum atomic E-state index is -0.160. The molecule has 2 N–H and O–H groups in total. The van der Waals surface area contributed by atoms with Gasteiger partial charge in [0.15, 0.2) is 0 Å². The van der Waals surface area contributed by atoms with E-state index in [-0.39, 0.29) is 6.03 Å². The fraction of sp³-hybridized carbons (Fsp3) is 0.500. The SMILES string of the molecule is CCC(CC)CNC(=O)Nc1ccc(OC)cc1. The van der Waals surface area contributed by atoms with Gasteiger partial charge in [0.1, 0.15) is 5.75 Å². The van der Waals surface area contributed by atoms with Crippen molar-refractivity contribution in [2.24, 2.45) is 5.92 Å². The lowest BCUT2D eigenvalue weighted by Gasteiger charge is -2.14. The predicted octanol–water partition coefficient (Wildman–Crippen LogP) is 3.25. The number of rotatable bonds is 6. The molecule has 0 aromatic heterocycles. The van der Waals surface area contributed by atoms with E-state index in [2.05, 4.69) is 24.5 Å². The maximum atomic E-state index is 11.6. The van der Waals surface area contributed by atoms with Gasteiger partial charge in [-0.25, -0.2) is 4.79 Å². The van der Waals surface area contributed by atoms with Crippen LogP contribution in [0.3, 0.4) is 0 Å². The van der Waals surface area contributed by atoms with Crippen LogP contribution in [-0.2, 0) is 0 Å². The maximum absolute atomic E-state index is 11.6. The molecule has 0 aliphatic heterocycles. The number of hydrogen-bond donors (Lipinski definition) is 2. The van der Waals surface area contributed by atoms with Gasteiger partial charge in [-0.1, -0.05) is 26.7 Å².